The molecule has 3 aliphatic rings. The molecular formula is C30H37N7O6S2. The van der Waals surface area contributed by atoms with Crippen molar-refractivity contribution in [3.63, 3.8) is 0 Å². The van der Waals surface area contributed by atoms with E-state index in [0.29, 0.717) is 57.2 Å². The van der Waals surface area contributed by atoms with E-state index < -0.39 is 20.0 Å². The minimum absolute atomic E-state index is 0.175. The van der Waals surface area contributed by atoms with E-state index in [-0.39, 0.29) is 41.2 Å². The average molecular weight is 656 g/mol. The van der Waals surface area contributed by atoms with Crippen LogP contribution in [0.3, 0.4) is 0 Å². The van der Waals surface area contributed by atoms with E-state index in [2.05, 4.69) is 9.88 Å². The monoisotopic (exact) mass is 655 g/mol. The number of nitrogens with zero attached hydrogens (tertiary/aromatic N) is 7. The normalized spacial score (nSPS) is 19.2. The van der Waals surface area contributed by atoms with Crippen LogP contribution in [-0.4, -0.2) is 107 Å². The fraction of sp³-hybridized carbons (Fsp3) is 0.433. The van der Waals surface area contributed by atoms with Gasteiger partial charge in [0.15, 0.2) is 0 Å². The van der Waals surface area contributed by atoms with Crippen LogP contribution in [0.4, 0.5) is 23.1 Å². The molecule has 1 N–H and O–H groups in total. The van der Waals surface area contributed by atoms with Gasteiger partial charge in [-0.3, -0.25) is 9.10 Å². The number of aryl methyl sites for hydroxylation is 1. The molecule has 3 aliphatic heterocycles. The highest BCUT2D eigenvalue weighted by Gasteiger charge is 2.33. The molecule has 0 radical (unpaired) electrons. The third-order valence-electron chi connectivity index (χ3n) is 8.64. The Morgan fingerprint density at radius 1 is 0.933 bits per heavy atom. The van der Waals surface area contributed by atoms with Crippen LogP contribution < -0.4 is 19.0 Å². The molecule has 0 unspecified atom stereocenters. The second-order valence-corrected chi connectivity index (χ2v) is 15.6. The number of sulfonamides is 2. The Labute approximate surface area is 263 Å². The molecule has 15 heteroatoms. The standard InChI is InChI=1S/C30H37N7O6S2/c1-21-18-28(32-30(31-21)35-12-11-23(38)20-35)34-14-16-36(17-15-34)45(42,43)24-8-9-26-22(19-24)10-13-37(26)29(39)25-6-4-5-7-27(25)33(2)44(3,40)41/h4-9,18-19,23,38H,10-17,20H2,1-3H3/t23-/m1/s1. The maximum atomic E-state index is 13.7. The predicted octanol–water partition coefficient (Wildman–Crippen LogP) is 1.47. The van der Waals surface area contributed by atoms with Crippen LogP contribution in [0.25, 0.3) is 0 Å². The quantitative estimate of drug-likeness (QED) is 0.397. The number of amides is 1. The molecular weight excluding hydrogens is 619 g/mol. The van der Waals surface area contributed by atoms with E-state index in [4.69, 9.17) is 4.98 Å². The Bertz CT molecular complexity index is 1840. The number of aromatic nitrogens is 2. The number of anilines is 4. The van der Waals surface area contributed by atoms with Crippen molar-refractivity contribution in [3.05, 3.63) is 65.4 Å². The number of benzene rings is 2. The van der Waals surface area contributed by atoms with E-state index >= 15 is 0 Å². The Hall–Kier alpha value is -3.79. The molecule has 2 fully saturated rings. The van der Waals surface area contributed by atoms with E-state index in [1.54, 1.807) is 41.3 Å². The summed E-state index contributed by atoms with van der Waals surface area (Å²) in [5.74, 6) is 0.964. The van der Waals surface area contributed by atoms with Crippen LogP contribution in [0.1, 0.15) is 28.0 Å². The summed E-state index contributed by atoms with van der Waals surface area (Å²) in [5.41, 5.74) is 2.69. The summed E-state index contributed by atoms with van der Waals surface area (Å²) in [5, 5.41) is 9.93. The van der Waals surface area contributed by atoms with Crippen LogP contribution in [0.5, 0.6) is 0 Å². The topological polar surface area (TPSA) is 148 Å². The van der Waals surface area contributed by atoms with Crippen molar-refractivity contribution in [2.45, 2.75) is 30.8 Å². The second kappa shape index (κ2) is 11.9. The SMILES string of the molecule is Cc1cc(N2CCN(S(=O)(=O)c3ccc4c(c3)CCN4C(=O)c3ccccc3N(C)S(C)(=O)=O)CC2)nc(N2CC[C@@H](O)C2)n1. The predicted molar refractivity (Wildman–Crippen MR) is 172 cm³/mol. The van der Waals surface area contributed by atoms with E-state index in [0.717, 1.165) is 27.6 Å². The molecule has 0 aliphatic carbocycles. The summed E-state index contributed by atoms with van der Waals surface area (Å²) in [4.78, 5) is 28.7. The first-order chi connectivity index (χ1) is 21.3. The molecule has 13 nitrogen and oxygen atoms in total. The van der Waals surface area contributed by atoms with Gasteiger partial charge in [-0.2, -0.15) is 9.29 Å². The summed E-state index contributed by atoms with van der Waals surface area (Å²) < 4.78 is 54.3. The zero-order valence-corrected chi connectivity index (χ0v) is 27.1. The average Bonchev–Trinajstić information content (AvgIpc) is 3.65. The fourth-order valence-corrected chi connectivity index (χ4v) is 8.06. The number of rotatable bonds is 7. The van der Waals surface area contributed by atoms with Gasteiger partial charge in [0.05, 0.1) is 28.5 Å². The molecule has 2 aromatic carbocycles. The van der Waals surface area contributed by atoms with Gasteiger partial charge in [0.2, 0.25) is 26.0 Å². The van der Waals surface area contributed by atoms with Crippen molar-refractivity contribution in [3.8, 4) is 0 Å². The molecule has 3 aromatic rings. The Balaban J connectivity index is 1.16. The molecule has 45 heavy (non-hydrogen) atoms. The van der Waals surface area contributed by atoms with Crippen molar-refractivity contribution in [1.29, 1.82) is 0 Å². The lowest BCUT2D eigenvalue weighted by Gasteiger charge is -2.35. The van der Waals surface area contributed by atoms with Crippen LogP contribution in [0.2, 0.25) is 0 Å². The van der Waals surface area contributed by atoms with Crippen molar-refractivity contribution < 1.29 is 26.7 Å². The molecule has 1 atom stereocenters. The van der Waals surface area contributed by atoms with Gasteiger partial charge < -0.3 is 19.8 Å². The first-order valence-electron chi connectivity index (χ1n) is 14.8. The minimum atomic E-state index is -3.79. The maximum Gasteiger partial charge on any atom is 0.260 e. The largest absolute Gasteiger partial charge is 0.391 e. The lowest BCUT2D eigenvalue weighted by molar-refractivity contribution is 0.0990. The number of piperazine rings is 1. The first-order valence-corrected chi connectivity index (χ1v) is 18.1. The Morgan fingerprint density at radius 2 is 1.67 bits per heavy atom. The number of carbonyl (C=O) groups is 1. The summed E-state index contributed by atoms with van der Waals surface area (Å²) in [7, 11) is -5.97. The van der Waals surface area contributed by atoms with Gasteiger partial charge in [-0.15, -0.1) is 0 Å². The molecule has 2 saturated heterocycles. The number of β-amino-alcohol motifs (C(OH)–C–C–N with tert-alkyl or cyclic N) is 1. The number of aliphatic hydroxyl groups excluding tert-OH is 1. The third kappa shape index (κ3) is 6.09. The first kappa shape index (κ1) is 31.2. The zero-order chi connectivity index (χ0) is 32.1. The van der Waals surface area contributed by atoms with Crippen molar-refractivity contribution in [2.24, 2.45) is 0 Å². The number of fused-ring (bicyclic) bond motifs is 1. The summed E-state index contributed by atoms with van der Waals surface area (Å²) in [6.07, 6.45) is 1.85. The van der Waals surface area contributed by atoms with E-state index in [1.807, 2.05) is 17.9 Å². The number of carbonyl (C=O) groups excluding carboxylic acids is 1. The molecule has 1 amide bonds. The van der Waals surface area contributed by atoms with E-state index in [1.165, 1.54) is 17.4 Å². The van der Waals surface area contributed by atoms with Gasteiger partial charge in [-0.25, -0.2) is 21.8 Å². The zero-order valence-electron chi connectivity index (χ0n) is 25.5. The molecule has 0 spiro atoms. The van der Waals surface area contributed by atoms with Gasteiger partial charge in [-0.1, -0.05) is 12.1 Å². The number of aliphatic hydroxyl groups is 1. The van der Waals surface area contributed by atoms with Crippen LogP contribution in [-0.2, 0) is 26.5 Å². The highest BCUT2D eigenvalue weighted by Crippen LogP contribution is 2.34. The van der Waals surface area contributed by atoms with Crippen molar-refractivity contribution in [2.75, 3.05) is 78.1 Å². The van der Waals surface area contributed by atoms with Gasteiger partial charge in [-0.05, 0) is 55.7 Å². The smallest absolute Gasteiger partial charge is 0.260 e. The number of hydrogen-bond donors (Lipinski definition) is 1. The Morgan fingerprint density at radius 3 is 2.36 bits per heavy atom. The summed E-state index contributed by atoms with van der Waals surface area (Å²) >= 11 is 0. The van der Waals surface area contributed by atoms with Gasteiger partial charge in [0.25, 0.3) is 5.91 Å². The number of para-hydroxylation sites is 1. The minimum Gasteiger partial charge on any atom is -0.391 e. The lowest BCUT2D eigenvalue weighted by atomic mass is 10.1. The van der Waals surface area contributed by atoms with E-state index in [9.17, 15) is 26.7 Å². The van der Waals surface area contributed by atoms with Gasteiger partial charge >= 0.3 is 0 Å². The molecule has 6 rings (SSSR count). The highest BCUT2D eigenvalue weighted by atomic mass is 32.2. The third-order valence-corrected chi connectivity index (χ3v) is 11.7. The molecule has 1 aromatic heterocycles. The molecule has 240 valence electrons. The molecule has 0 bridgehead atoms. The van der Waals surface area contributed by atoms with Crippen LogP contribution in [0, 0.1) is 6.92 Å². The van der Waals surface area contributed by atoms with Crippen molar-refractivity contribution in [1.82, 2.24) is 14.3 Å². The van der Waals surface area contributed by atoms with Crippen molar-refractivity contribution >= 4 is 49.1 Å². The summed E-state index contributed by atoms with van der Waals surface area (Å²) in [6, 6.07) is 13.3. The van der Waals surface area contributed by atoms with Crippen LogP contribution >= 0.6 is 0 Å². The molecule has 4 heterocycles. The molecule has 0 saturated carbocycles. The lowest BCUT2D eigenvalue weighted by Crippen LogP contribution is -2.49. The highest BCUT2D eigenvalue weighted by molar-refractivity contribution is 7.92. The summed E-state index contributed by atoms with van der Waals surface area (Å²) in [6.45, 7) is 4.94. The fourth-order valence-electron chi connectivity index (χ4n) is 6.07. The van der Waals surface area contributed by atoms with Gasteiger partial charge in [0.1, 0.15) is 5.82 Å². The number of hydrogen-bond acceptors (Lipinski definition) is 10. The maximum absolute atomic E-state index is 13.7. The van der Waals surface area contributed by atoms with Gasteiger partial charge in [0, 0.05) is 70.3 Å². The Kier molecular flexibility index (Phi) is 8.22. The second-order valence-electron chi connectivity index (χ2n) is 11.7. The van der Waals surface area contributed by atoms with Crippen LogP contribution in [0.15, 0.2) is 53.4 Å².